The SMILES string of the molecule is CC(=O)c1ccccc1Pc1cc(C)cc(C(C)(C)C)c1O. The highest BCUT2D eigenvalue weighted by molar-refractivity contribution is 7.56. The Bertz CT molecular complexity index is 712. The molecular weight excluding hydrogens is 291 g/mol. The summed E-state index contributed by atoms with van der Waals surface area (Å²) in [6.45, 7) is 9.91. The van der Waals surface area contributed by atoms with E-state index >= 15 is 0 Å². The Labute approximate surface area is 134 Å². The average molecular weight is 314 g/mol. The van der Waals surface area contributed by atoms with E-state index in [-0.39, 0.29) is 19.8 Å². The summed E-state index contributed by atoms with van der Waals surface area (Å²) in [4.78, 5) is 11.8. The van der Waals surface area contributed by atoms with Crippen LogP contribution in [0.4, 0.5) is 0 Å². The first-order valence-electron chi connectivity index (χ1n) is 7.41. The third-order valence-corrected chi connectivity index (χ3v) is 4.99. The average Bonchev–Trinajstić information content (AvgIpc) is 2.41. The van der Waals surface area contributed by atoms with Crippen LogP contribution in [0.2, 0.25) is 0 Å². The van der Waals surface area contributed by atoms with Gasteiger partial charge in [0.1, 0.15) is 5.75 Å². The van der Waals surface area contributed by atoms with Crippen molar-refractivity contribution in [3.63, 3.8) is 0 Å². The van der Waals surface area contributed by atoms with Crippen molar-refractivity contribution in [1.29, 1.82) is 0 Å². The van der Waals surface area contributed by atoms with Gasteiger partial charge in [-0.2, -0.15) is 0 Å². The summed E-state index contributed by atoms with van der Waals surface area (Å²) in [6, 6.07) is 11.7. The van der Waals surface area contributed by atoms with Crippen LogP contribution in [-0.2, 0) is 5.41 Å². The van der Waals surface area contributed by atoms with E-state index in [4.69, 9.17) is 0 Å². The van der Waals surface area contributed by atoms with Crippen LogP contribution in [0.3, 0.4) is 0 Å². The molecule has 0 spiro atoms. The summed E-state index contributed by atoms with van der Waals surface area (Å²) in [5.41, 5.74) is 2.70. The van der Waals surface area contributed by atoms with Gasteiger partial charge >= 0.3 is 0 Å². The predicted molar refractivity (Wildman–Crippen MR) is 95.6 cm³/mol. The second-order valence-corrected chi connectivity index (χ2v) is 8.01. The number of benzene rings is 2. The molecule has 2 nitrogen and oxygen atoms in total. The Kier molecular flexibility index (Phi) is 4.72. The Balaban J connectivity index is 2.52. The number of phenolic OH excluding ortho intramolecular Hbond substituents is 1. The van der Waals surface area contributed by atoms with Crippen molar-refractivity contribution in [3.05, 3.63) is 53.1 Å². The van der Waals surface area contributed by atoms with Gasteiger partial charge in [-0.05, 0) is 36.2 Å². The van der Waals surface area contributed by atoms with Crippen molar-refractivity contribution in [3.8, 4) is 5.75 Å². The van der Waals surface area contributed by atoms with E-state index in [0.717, 1.165) is 27.3 Å². The molecule has 2 aromatic rings. The van der Waals surface area contributed by atoms with E-state index in [1.165, 1.54) is 0 Å². The second kappa shape index (κ2) is 6.22. The minimum atomic E-state index is -0.116. The van der Waals surface area contributed by atoms with Crippen LogP contribution in [0.15, 0.2) is 36.4 Å². The van der Waals surface area contributed by atoms with Gasteiger partial charge in [0, 0.05) is 16.4 Å². The quantitative estimate of drug-likeness (QED) is 0.690. The number of hydrogen-bond acceptors (Lipinski definition) is 2. The molecule has 0 aliphatic carbocycles. The number of carbonyl (C=O) groups excluding carboxylic acids is 1. The van der Waals surface area contributed by atoms with Crippen molar-refractivity contribution in [1.82, 2.24) is 0 Å². The summed E-state index contributed by atoms with van der Waals surface area (Å²) in [7, 11) is 0.268. The number of aryl methyl sites for hydroxylation is 1. The number of phenols is 1. The van der Waals surface area contributed by atoms with Crippen molar-refractivity contribution in [2.75, 3.05) is 0 Å². The molecule has 3 heteroatoms. The smallest absolute Gasteiger partial charge is 0.160 e. The summed E-state index contributed by atoms with van der Waals surface area (Å²) in [5.74, 6) is 0.418. The number of ketones is 1. The maximum absolute atomic E-state index is 11.8. The van der Waals surface area contributed by atoms with Gasteiger partial charge in [0.25, 0.3) is 0 Å². The fourth-order valence-electron chi connectivity index (χ4n) is 2.49. The van der Waals surface area contributed by atoms with Gasteiger partial charge in [0.05, 0.1) is 0 Å². The standard InChI is InChI=1S/C19H23O2P/c1-12-10-15(19(3,4)5)18(21)17(11-12)22-16-9-7-6-8-14(16)13(2)20/h6-11,21-22H,1-5H3. The number of rotatable bonds is 3. The molecule has 2 aromatic carbocycles. The highest BCUT2D eigenvalue weighted by atomic mass is 31.1. The number of Topliss-reactive ketones (excluding diaryl/α,β-unsaturated/α-hetero) is 1. The normalized spacial score (nSPS) is 12.0. The molecule has 1 unspecified atom stereocenters. The third-order valence-electron chi connectivity index (χ3n) is 3.64. The van der Waals surface area contributed by atoms with Gasteiger partial charge in [0.2, 0.25) is 0 Å². The second-order valence-electron chi connectivity index (χ2n) is 6.69. The largest absolute Gasteiger partial charge is 0.507 e. The Morgan fingerprint density at radius 1 is 1.09 bits per heavy atom. The molecule has 1 atom stereocenters. The summed E-state index contributed by atoms with van der Waals surface area (Å²) in [5, 5.41) is 12.5. The van der Waals surface area contributed by atoms with Crippen molar-refractivity contribution >= 4 is 25.0 Å². The van der Waals surface area contributed by atoms with Gasteiger partial charge in [-0.3, -0.25) is 4.79 Å². The topological polar surface area (TPSA) is 37.3 Å². The van der Waals surface area contributed by atoms with Crippen molar-refractivity contribution in [2.45, 2.75) is 40.0 Å². The highest BCUT2D eigenvalue weighted by Crippen LogP contribution is 2.33. The molecule has 0 bridgehead atoms. The summed E-state index contributed by atoms with van der Waals surface area (Å²) >= 11 is 0. The minimum Gasteiger partial charge on any atom is -0.507 e. The van der Waals surface area contributed by atoms with Gasteiger partial charge in [-0.1, -0.05) is 59.7 Å². The van der Waals surface area contributed by atoms with Crippen LogP contribution in [0.5, 0.6) is 5.75 Å². The molecule has 0 heterocycles. The molecule has 1 N–H and O–H groups in total. The fraction of sp³-hybridized carbons (Fsp3) is 0.316. The molecule has 22 heavy (non-hydrogen) atoms. The summed E-state index contributed by atoms with van der Waals surface area (Å²) < 4.78 is 0. The van der Waals surface area contributed by atoms with Gasteiger partial charge < -0.3 is 5.11 Å². The zero-order valence-electron chi connectivity index (χ0n) is 13.8. The van der Waals surface area contributed by atoms with Crippen molar-refractivity contribution < 1.29 is 9.90 Å². The lowest BCUT2D eigenvalue weighted by Gasteiger charge is -2.23. The molecule has 0 saturated heterocycles. The van der Waals surface area contributed by atoms with Crippen LogP contribution in [-0.4, -0.2) is 10.9 Å². The maximum Gasteiger partial charge on any atom is 0.160 e. The molecule has 0 fully saturated rings. The Hall–Kier alpha value is -1.66. The van der Waals surface area contributed by atoms with E-state index in [2.05, 4.69) is 20.8 Å². The highest BCUT2D eigenvalue weighted by Gasteiger charge is 2.21. The van der Waals surface area contributed by atoms with E-state index in [9.17, 15) is 9.90 Å². The Morgan fingerprint density at radius 3 is 2.32 bits per heavy atom. The van der Waals surface area contributed by atoms with Crippen LogP contribution in [0.1, 0.15) is 49.2 Å². The van der Waals surface area contributed by atoms with E-state index in [1.54, 1.807) is 6.92 Å². The minimum absolute atomic E-state index is 0.0614. The van der Waals surface area contributed by atoms with Gasteiger partial charge in [-0.25, -0.2) is 0 Å². The lowest BCUT2D eigenvalue weighted by atomic mass is 9.85. The molecule has 0 aromatic heterocycles. The number of hydrogen-bond donors (Lipinski definition) is 1. The predicted octanol–water partition coefficient (Wildman–Crippen LogP) is 3.83. The van der Waals surface area contributed by atoms with Crippen LogP contribution < -0.4 is 10.6 Å². The van der Waals surface area contributed by atoms with E-state index in [0.29, 0.717) is 5.75 Å². The molecule has 0 aliphatic rings. The zero-order chi connectivity index (χ0) is 16.5. The lowest BCUT2D eigenvalue weighted by molar-refractivity contribution is 0.101. The number of aromatic hydroxyl groups is 1. The first kappa shape index (κ1) is 16.7. The molecule has 0 radical (unpaired) electrons. The third kappa shape index (κ3) is 3.56. The Morgan fingerprint density at radius 2 is 1.73 bits per heavy atom. The maximum atomic E-state index is 11.8. The first-order chi connectivity index (χ1) is 10.2. The van der Waals surface area contributed by atoms with Crippen LogP contribution in [0, 0.1) is 6.92 Å². The fourth-order valence-corrected chi connectivity index (χ4v) is 3.91. The molecule has 2 rings (SSSR count). The van der Waals surface area contributed by atoms with Gasteiger partial charge in [-0.15, -0.1) is 0 Å². The zero-order valence-corrected chi connectivity index (χ0v) is 14.8. The van der Waals surface area contributed by atoms with Crippen LogP contribution >= 0.6 is 8.58 Å². The number of carbonyl (C=O) groups is 1. The molecule has 0 saturated carbocycles. The molecule has 0 aliphatic heterocycles. The van der Waals surface area contributed by atoms with E-state index in [1.807, 2.05) is 43.3 Å². The molecular formula is C19H23O2P. The molecule has 0 amide bonds. The summed E-state index contributed by atoms with van der Waals surface area (Å²) in [6.07, 6.45) is 0. The van der Waals surface area contributed by atoms with E-state index < -0.39 is 0 Å². The monoisotopic (exact) mass is 314 g/mol. The van der Waals surface area contributed by atoms with Crippen molar-refractivity contribution in [2.24, 2.45) is 0 Å². The lowest BCUT2D eigenvalue weighted by Crippen LogP contribution is -2.17. The molecule has 116 valence electrons. The first-order valence-corrected chi connectivity index (χ1v) is 8.41. The van der Waals surface area contributed by atoms with Crippen LogP contribution in [0.25, 0.3) is 0 Å². The van der Waals surface area contributed by atoms with Gasteiger partial charge in [0.15, 0.2) is 5.78 Å².